The summed E-state index contributed by atoms with van der Waals surface area (Å²) < 4.78 is 11.7. The second-order valence-electron chi connectivity index (χ2n) is 11.3. The van der Waals surface area contributed by atoms with Gasteiger partial charge in [-0.15, -0.1) is 0 Å². The van der Waals surface area contributed by atoms with Crippen LogP contribution in [0.1, 0.15) is 45.3 Å². The number of hydrogen-bond acceptors (Lipinski definition) is 5. The fraction of sp³-hybridized carbons (Fsp3) is 0.162. The van der Waals surface area contributed by atoms with Gasteiger partial charge in [0.15, 0.2) is 11.5 Å². The molecule has 43 heavy (non-hydrogen) atoms. The second-order valence-corrected chi connectivity index (χ2v) is 11.3. The average molecular weight is 568 g/mol. The highest BCUT2D eigenvalue weighted by Crippen LogP contribution is 2.55. The maximum absolute atomic E-state index is 10.9. The van der Waals surface area contributed by atoms with Crippen molar-refractivity contribution in [2.24, 2.45) is 11.7 Å². The summed E-state index contributed by atoms with van der Waals surface area (Å²) in [4.78, 5) is 0. The lowest BCUT2D eigenvalue weighted by molar-refractivity contribution is 0.306. The first-order valence-corrected chi connectivity index (χ1v) is 14.5. The van der Waals surface area contributed by atoms with Gasteiger partial charge in [-0.2, -0.15) is 0 Å². The van der Waals surface area contributed by atoms with Gasteiger partial charge in [-0.1, -0.05) is 66.7 Å². The maximum atomic E-state index is 10.9. The van der Waals surface area contributed by atoms with Gasteiger partial charge in [0.1, 0.15) is 18.2 Å². The number of nitrogen functional groups attached to an aromatic ring is 1. The van der Waals surface area contributed by atoms with Crippen LogP contribution in [0.15, 0.2) is 109 Å². The lowest BCUT2D eigenvalue weighted by Crippen LogP contribution is -2.31. The molecule has 0 fully saturated rings. The third-order valence-electron chi connectivity index (χ3n) is 8.81. The van der Waals surface area contributed by atoms with Crippen molar-refractivity contribution in [2.75, 3.05) is 12.4 Å². The lowest BCUT2D eigenvalue weighted by atomic mass is 9.74. The van der Waals surface area contributed by atoms with E-state index in [9.17, 15) is 5.11 Å². The maximum Gasteiger partial charge on any atom is 0.160 e. The molecule has 0 spiro atoms. The molecule has 5 aromatic rings. The molecule has 3 atom stereocenters. The smallest absolute Gasteiger partial charge is 0.160 e. The van der Waals surface area contributed by atoms with Crippen LogP contribution in [0, 0.1) is 11.3 Å². The SMILES string of the molecule is COc1cc(C2Nc3ccc(C(=N)N)cc3C3c4ccccc4CC23)c(-c2ccc(OCc3ccccc3)cc2)cc1O. The van der Waals surface area contributed by atoms with Crippen molar-refractivity contribution in [3.8, 4) is 28.4 Å². The molecule has 6 nitrogen and oxygen atoms in total. The Morgan fingerprint density at radius 1 is 0.884 bits per heavy atom. The number of amidine groups is 1. The van der Waals surface area contributed by atoms with Gasteiger partial charge in [0, 0.05) is 17.2 Å². The molecule has 1 heterocycles. The highest BCUT2D eigenvalue weighted by Gasteiger charge is 2.44. The molecule has 5 N–H and O–H groups in total. The molecule has 0 saturated carbocycles. The van der Waals surface area contributed by atoms with E-state index in [0.29, 0.717) is 12.4 Å². The van der Waals surface area contributed by atoms with Gasteiger partial charge >= 0.3 is 0 Å². The van der Waals surface area contributed by atoms with E-state index in [2.05, 4.69) is 35.6 Å². The third-order valence-corrected chi connectivity index (χ3v) is 8.81. The van der Waals surface area contributed by atoms with E-state index in [1.165, 1.54) is 11.1 Å². The summed E-state index contributed by atoms with van der Waals surface area (Å²) in [7, 11) is 1.58. The molecular formula is C37H33N3O3. The van der Waals surface area contributed by atoms with Gasteiger partial charge in [-0.25, -0.2) is 0 Å². The quantitative estimate of drug-likeness (QED) is 0.121. The van der Waals surface area contributed by atoms with Crippen LogP contribution in [-0.2, 0) is 13.0 Å². The van der Waals surface area contributed by atoms with E-state index in [0.717, 1.165) is 51.2 Å². The number of ether oxygens (including phenoxy) is 2. The van der Waals surface area contributed by atoms with E-state index in [-0.39, 0.29) is 29.5 Å². The number of rotatable bonds is 7. The number of methoxy groups -OCH3 is 1. The Hall–Kier alpha value is -5.23. The van der Waals surface area contributed by atoms with Crippen molar-refractivity contribution in [3.05, 3.63) is 143 Å². The molecule has 0 amide bonds. The Labute approximate surface area is 251 Å². The zero-order valence-electron chi connectivity index (χ0n) is 23.9. The van der Waals surface area contributed by atoms with Gasteiger partial charge in [0.05, 0.1) is 13.2 Å². The molecular weight excluding hydrogens is 534 g/mol. The number of aromatic hydroxyl groups is 1. The zero-order chi connectivity index (χ0) is 29.5. The van der Waals surface area contributed by atoms with Crippen molar-refractivity contribution in [3.63, 3.8) is 0 Å². The number of hydrogen-bond donors (Lipinski definition) is 4. The van der Waals surface area contributed by atoms with Gasteiger partial charge in [-0.05, 0) is 93.7 Å². The van der Waals surface area contributed by atoms with Crippen LogP contribution < -0.4 is 20.5 Å². The fourth-order valence-electron chi connectivity index (χ4n) is 6.76. The van der Waals surface area contributed by atoms with Gasteiger partial charge in [-0.3, -0.25) is 5.41 Å². The fourth-order valence-corrected chi connectivity index (χ4v) is 6.76. The molecule has 0 radical (unpaired) electrons. The van der Waals surface area contributed by atoms with Crippen LogP contribution in [0.3, 0.4) is 0 Å². The molecule has 2 aliphatic rings. The number of phenols is 1. The summed E-state index contributed by atoms with van der Waals surface area (Å²) in [5.74, 6) is 1.72. The third kappa shape index (κ3) is 4.85. The molecule has 1 aliphatic heterocycles. The first-order chi connectivity index (χ1) is 21.0. The van der Waals surface area contributed by atoms with Crippen LogP contribution in [0.25, 0.3) is 11.1 Å². The number of phenolic OH excluding ortho intramolecular Hbond substituents is 1. The van der Waals surface area contributed by atoms with Crippen molar-refractivity contribution in [2.45, 2.75) is 25.0 Å². The molecule has 1 aliphatic carbocycles. The van der Waals surface area contributed by atoms with E-state index in [4.69, 9.17) is 20.6 Å². The predicted octanol–water partition coefficient (Wildman–Crippen LogP) is 7.40. The highest BCUT2D eigenvalue weighted by atomic mass is 16.5. The number of nitrogens with one attached hydrogen (secondary N) is 2. The molecule has 5 aromatic carbocycles. The van der Waals surface area contributed by atoms with E-state index in [1.807, 2.05) is 72.8 Å². The van der Waals surface area contributed by atoms with Crippen molar-refractivity contribution >= 4 is 11.5 Å². The topological polar surface area (TPSA) is 101 Å². The molecule has 0 aromatic heterocycles. The van der Waals surface area contributed by atoms with Gasteiger partial charge in [0.2, 0.25) is 0 Å². The van der Waals surface area contributed by atoms with Crippen LogP contribution in [-0.4, -0.2) is 18.1 Å². The zero-order valence-corrected chi connectivity index (χ0v) is 23.9. The first-order valence-electron chi connectivity index (χ1n) is 14.5. The summed E-state index contributed by atoms with van der Waals surface area (Å²) in [5.41, 5.74) is 15.5. The Bertz CT molecular complexity index is 1820. The normalized spacial score (nSPS) is 18.1. The second kappa shape index (κ2) is 10.9. The van der Waals surface area contributed by atoms with E-state index < -0.39 is 0 Å². The summed E-state index contributed by atoms with van der Waals surface area (Å²) in [6, 6.07) is 36.5. The van der Waals surface area contributed by atoms with Crippen molar-refractivity contribution in [1.29, 1.82) is 5.41 Å². The molecule has 214 valence electrons. The average Bonchev–Trinajstić information content (AvgIpc) is 3.44. The van der Waals surface area contributed by atoms with Crippen LogP contribution >= 0.6 is 0 Å². The van der Waals surface area contributed by atoms with Crippen molar-refractivity contribution in [1.82, 2.24) is 0 Å². The summed E-state index contributed by atoms with van der Waals surface area (Å²) in [6.45, 7) is 0.495. The Morgan fingerprint density at radius 3 is 2.42 bits per heavy atom. The van der Waals surface area contributed by atoms with Crippen LogP contribution in [0.5, 0.6) is 17.2 Å². The Morgan fingerprint density at radius 2 is 1.65 bits per heavy atom. The summed E-state index contributed by atoms with van der Waals surface area (Å²) >= 11 is 0. The number of nitrogens with two attached hydrogens (primary N) is 1. The van der Waals surface area contributed by atoms with Gasteiger partial charge in [0.25, 0.3) is 0 Å². The number of anilines is 1. The predicted molar refractivity (Wildman–Crippen MR) is 170 cm³/mol. The van der Waals surface area contributed by atoms with E-state index in [1.54, 1.807) is 13.2 Å². The largest absolute Gasteiger partial charge is 0.504 e. The molecule has 7 rings (SSSR count). The lowest BCUT2D eigenvalue weighted by Gasteiger charge is -2.39. The minimum absolute atomic E-state index is 0.0633. The Balaban J connectivity index is 1.30. The Kier molecular flexibility index (Phi) is 6.74. The molecule has 0 saturated heterocycles. The first kappa shape index (κ1) is 26.7. The number of benzene rings is 5. The molecule has 6 heteroatoms. The van der Waals surface area contributed by atoms with Crippen LogP contribution in [0.2, 0.25) is 0 Å². The molecule has 3 unspecified atom stereocenters. The van der Waals surface area contributed by atoms with E-state index >= 15 is 0 Å². The van der Waals surface area contributed by atoms with Crippen molar-refractivity contribution < 1.29 is 14.6 Å². The summed E-state index contributed by atoms with van der Waals surface area (Å²) in [5, 5.41) is 22.8. The number of fused-ring (bicyclic) bond motifs is 5. The van der Waals surface area contributed by atoms with Gasteiger partial charge < -0.3 is 25.6 Å². The monoisotopic (exact) mass is 567 g/mol. The minimum atomic E-state index is -0.0633. The highest BCUT2D eigenvalue weighted by molar-refractivity contribution is 5.96. The van der Waals surface area contributed by atoms with Crippen LogP contribution in [0.4, 0.5) is 5.69 Å². The standard InChI is InChI=1S/C37H33N3O3/c1-42-34-20-29(28(19-33(34)41)23-11-14-26(15-12-23)43-21-22-7-3-2-4-8-22)36-31-17-24-9-5-6-10-27(24)35(31)30-18-25(37(38)39)13-16-32(30)40-36/h2-16,18-20,31,35-36,40-41H,17,21H2,1H3,(H3,38,39). The summed E-state index contributed by atoms with van der Waals surface area (Å²) in [6.07, 6.45) is 0.900. The minimum Gasteiger partial charge on any atom is -0.504 e. The molecule has 0 bridgehead atoms.